The van der Waals surface area contributed by atoms with Crippen molar-refractivity contribution < 1.29 is 0 Å². The Bertz CT molecular complexity index is 391. The lowest BCUT2D eigenvalue weighted by molar-refractivity contribution is 0.226. The van der Waals surface area contributed by atoms with Crippen molar-refractivity contribution in [1.29, 1.82) is 0 Å². The van der Waals surface area contributed by atoms with Crippen molar-refractivity contribution in [3.8, 4) is 0 Å². The molecule has 2 rings (SSSR count). The first-order valence-electron chi connectivity index (χ1n) is 7.48. The summed E-state index contributed by atoms with van der Waals surface area (Å²) < 4.78 is 2.01. The van der Waals surface area contributed by atoms with Gasteiger partial charge in [0.15, 0.2) is 0 Å². The van der Waals surface area contributed by atoms with Gasteiger partial charge in [0.25, 0.3) is 0 Å². The van der Waals surface area contributed by atoms with E-state index in [0.29, 0.717) is 6.04 Å². The average molecular weight is 264 g/mol. The molecule has 1 aromatic heterocycles. The molecule has 0 amide bonds. The first-order valence-corrected chi connectivity index (χ1v) is 7.48. The molecule has 0 bridgehead atoms. The highest BCUT2D eigenvalue weighted by atomic mass is 15.3. The summed E-state index contributed by atoms with van der Waals surface area (Å²) in [6.45, 7) is 13.1. The molecule has 1 aliphatic rings. The van der Waals surface area contributed by atoms with Crippen molar-refractivity contribution in [3.63, 3.8) is 0 Å². The minimum absolute atomic E-state index is 0.210. The van der Waals surface area contributed by atoms with Crippen LogP contribution in [0.2, 0.25) is 0 Å². The predicted octanol–water partition coefficient (Wildman–Crippen LogP) is 2.26. The fraction of sp³-hybridized carbons (Fsp3) is 0.800. The molecule has 1 fully saturated rings. The maximum absolute atomic E-state index is 4.36. The number of rotatable bonds is 5. The molecule has 4 nitrogen and oxygen atoms in total. The maximum atomic E-state index is 4.36. The van der Waals surface area contributed by atoms with E-state index >= 15 is 0 Å². The molecule has 4 heteroatoms. The quantitative estimate of drug-likeness (QED) is 0.885. The Morgan fingerprint density at radius 2 is 2.21 bits per heavy atom. The second kappa shape index (κ2) is 6.06. The number of hydrogen-bond acceptors (Lipinski definition) is 3. The lowest BCUT2D eigenvalue weighted by atomic mass is 10.1. The summed E-state index contributed by atoms with van der Waals surface area (Å²) in [5.41, 5.74) is 1.55. The normalized spacial score (nSPS) is 21.2. The van der Waals surface area contributed by atoms with Crippen LogP contribution in [0.25, 0.3) is 0 Å². The molecule has 1 saturated heterocycles. The van der Waals surface area contributed by atoms with Crippen LogP contribution in [0.3, 0.4) is 0 Å². The number of nitrogens with one attached hydrogen (secondary N) is 1. The molecule has 1 aromatic rings. The zero-order valence-electron chi connectivity index (χ0n) is 12.8. The molecule has 0 radical (unpaired) electrons. The van der Waals surface area contributed by atoms with Crippen LogP contribution in [-0.2, 0) is 13.1 Å². The van der Waals surface area contributed by atoms with Crippen molar-refractivity contribution in [2.45, 2.75) is 65.2 Å². The first-order chi connectivity index (χ1) is 8.98. The largest absolute Gasteiger partial charge is 0.311 e. The molecule has 1 aliphatic heterocycles. The highest BCUT2D eigenvalue weighted by Crippen LogP contribution is 2.20. The average Bonchev–Trinajstić information content (AvgIpc) is 2.95. The molecular formula is C15H28N4. The zero-order chi connectivity index (χ0) is 13.9. The van der Waals surface area contributed by atoms with Crippen molar-refractivity contribution in [3.05, 3.63) is 18.0 Å². The van der Waals surface area contributed by atoms with Crippen LogP contribution in [0.15, 0.2) is 12.4 Å². The van der Waals surface area contributed by atoms with Gasteiger partial charge in [0.1, 0.15) is 0 Å². The van der Waals surface area contributed by atoms with Crippen LogP contribution in [0.1, 0.15) is 46.1 Å². The number of hydrogen-bond donors (Lipinski definition) is 1. The third kappa shape index (κ3) is 4.32. The Balaban J connectivity index is 1.88. The van der Waals surface area contributed by atoms with E-state index in [-0.39, 0.29) is 5.54 Å². The zero-order valence-corrected chi connectivity index (χ0v) is 12.8. The Morgan fingerprint density at radius 3 is 2.84 bits per heavy atom. The van der Waals surface area contributed by atoms with E-state index in [4.69, 9.17) is 0 Å². The lowest BCUT2D eigenvalue weighted by Gasteiger charge is -2.28. The number of likely N-dealkylation sites (tertiary alicyclic amines) is 1. The first kappa shape index (κ1) is 14.5. The second-order valence-electron chi connectivity index (χ2n) is 6.60. The summed E-state index contributed by atoms with van der Waals surface area (Å²) in [6, 6.07) is 0.671. The minimum Gasteiger partial charge on any atom is -0.311 e. The van der Waals surface area contributed by atoms with Crippen LogP contribution in [0.4, 0.5) is 0 Å². The van der Waals surface area contributed by atoms with Gasteiger partial charge in [-0.25, -0.2) is 0 Å². The summed E-state index contributed by atoms with van der Waals surface area (Å²) in [7, 11) is 0. The summed E-state index contributed by atoms with van der Waals surface area (Å²) in [4.78, 5) is 2.59. The Hall–Kier alpha value is -0.870. The monoisotopic (exact) mass is 264 g/mol. The standard InChI is InChI=1S/C15H28N4/c1-5-19-12-13(9-17-19)11-18-8-6-7-14(18)10-16-15(2,3)4/h9,12,14,16H,5-8,10-11H2,1-4H3. The van der Waals surface area contributed by atoms with Gasteiger partial charge in [0.05, 0.1) is 6.20 Å². The molecule has 0 saturated carbocycles. The van der Waals surface area contributed by atoms with Gasteiger partial charge >= 0.3 is 0 Å². The lowest BCUT2D eigenvalue weighted by Crippen LogP contribution is -2.44. The highest BCUT2D eigenvalue weighted by Gasteiger charge is 2.25. The molecule has 1 unspecified atom stereocenters. The van der Waals surface area contributed by atoms with E-state index in [2.05, 4.69) is 49.2 Å². The van der Waals surface area contributed by atoms with Crippen LogP contribution in [-0.4, -0.2) is 39.4 Å². The molecule has 1 atom stereocenters. The smallest absolute Gasteiger partial charge is 0.0534 e. The number of aromatic nitrogens is 2. The molecule has 0 spiro atoms. The predicted molar refractivity (Wildman–Crippen MR) is 79.1 cm³/mol. The topological polar surface area (TPSA) is 33.1 Å². The van der Waals surface area contributed by atoms with Crippen LogP contribution >= 0.6 is 0 Å². The summed E-state index contributed by atoms with van der Waals surface area (Å²) in [5, 5.41) is 7.99. The van der Waals surface area contributed by atoms with Crippen LogP contribution < -0.4 is 5.32 Å². The Labute approximate surface area is 117 Å². The Morgan fingerprint density at radius 1 is 1.42 bits per heavy atom. The summed E-state index contributed by atoms with van der Waals surface area (Å²) in [5.74, 6) is 0. The fourth-order valence-corrected chi connectivity index (χ4v) is 2.65. The van der Waals surface area contributed by atoms with E-state index in [0.717, 1.165) is 19.6 Å². The van der Waals surface area contributed by atoms with Gasteiger partial charge < -0.3 is 5.32 Å². The van der Waals surface area contributed by atoms with Crippen molar-refractivity contribution >= 4 is 0 Å². The van der Waals surface area contributed by atoms with Gasteiger partial charge in [-0.05, 0) is 47.1 Å². The third-order valence-electron chi connectivity index (χ3n) is 3.76. The molecule has 1 N–H and O–H groups in total. The maximum Gasteiger partial charge on any atom is 0.0534 e. The van der Waals surface area contributed by atoms with Gasteiger partial charge in [0, 0.05) is 43.0 Å². The Kier molecular flexibility index (Phi) is 4.63. The molecule has 0 aliphatic carbocycles. The molecule has 0 aromatic carbocycles. The van der Waals surface area contributed by atoms with Gasteiger partial charge in [-0.3, -0.25) is 9.58 Å². The van der Waals surface area contributed by atoms with Crippen LogP contribution in [0.5, 0.6) is 0 Å². The highest BCUT2D eigenvalue weighted by molar-refractivity contribution is 5.04. The number of aryl methyl sites for hydroxylation is 1. The van der Waals surface area contributed by atoms with E-state index in [1.807, 2.05) is 10.9 Å². The van der Waals surface area contributed by atoms with E-state index in [9.17, 15) is 0 Å². The van der Waals surface area contributed by atoms with Crippen LogP contribution in [0, 0.1) is 0 Å². The molecule has 2 heterocycles. The number of nitrogens with zero attached hydrogens (tertiary/aromatic N) is 3. The van der Waals surface area contributed by atoms with Gasteiger partial charge in [0.2, 0.25) is 0 Å². The summed E-state index contributed by atoms with van der Waals surface area (Å²) >= 11 is 0. The van der Waals surface area contributed by atoms with Crippen molar-refractivity contribution in [2.75, 3.05) is 13.1 Å². The SMILES string of the molecule is CCn1cc(CN2CCCC2CNC(C)(C)C)cn1. The van der Waals surface area contributed by atoms with E-state index < -0.39 is 0 Å². The van der Waals surface area contributed by atoms with Crippen molar-refractivity contribution in [1.82, 2.24) is 20.0 Å². The van der Waals surface area contributed by atoms with Gasteiger partial charge in [-0.2, -0.15) is 5.10 Å². The molecule has 19 heavy (non-hydrogen) atoms. The van der Waals surface area contributed by atoms with Crippen molar-refractivity contribution in [2.24, 2.45) is 0 Å². The molecule has 108 valence electrons. The third-order valence-corrected chi connectivity index (χ3v) is 3.76. The second-order valence-corrected chi connectivity index (χ2v) is 6.60. The fourth-order valence-electron chi connectivity index (χ4n) is 2.65. The van der Waals surface area contributed by atoms with E-state index in [1.165, 1.54) is 24.9 Å². The van der Waals surface area contributed by atoms with Gasteiger partial charge in [-0.15, -0.1) is 0 Å². The van der Waals surface area contributed by atoms with E-state index in [1.54, 1.807) is 0 Å². The van der Waals surface area contributed by atoms with Gasteiger partial charge in [-0.1, -0.05) is 0 Å². The minimum atomic E-state index is 0.210. The summed E-state index contributed by atoms with van der Waals surface area (Å²) in [6.07, 6.45) is 6.81. The molecular weight excluding hydrogens is 236 g/mol.